The maximum atomic E-state index is 12.5. The number of phenols is 1. The van der Waals surface area contributed by atoms with Crippen LogP contribution < -0.4 is 4.74 Å². The molecule has 0 spiro atoms. The van der Waals surface area contributed by atoms with Crippen LogP contribution >= 0.6 is 0 Å². The van der Waals surface area contributed by atoms with E-state index in [2.05, 4.69) is 58.5 Å². The molecule has 38 heavy (non-hydrogen) atoms. The lowest BCUT2D eigenvalue weighted by Crippen LogP contribution is -2.26. The molecule has 1 N–H and O–H groups in total. The molecule has 5 nitrogen and oxygen atoms in total. The molecule has 2 aliphatic carbocycles. The van der Waals surface area contributed by atoms with Gasteiger partial charge >= 0.3 is 0 Å². The van der Waals surface area contributed by atoms with Crippen LogP contribution in [0.1, 0.15) is 49.3 Å². The Kier molecular flexibility index (Phi) is 7.07. The first-order valence-corrected chi connectivity index (χ1v) is 13.8. The molecule has 6 heteroatoms. The van der Waals surface area contributed by atoms with Crippen LogP contribution in [0.25, 0.3) is 5.57 Å². The summed E-state index contributed by atoms with van der Waals surface area (Å²) in [5, 5.41) is 10.2. The Labute approximate surface area is 224 Å². The van der Waals surface area contributed by atoms with Gasteiger partial charge in [0.15, 0.2) is 5.90 Å². The van der Waals surface area contributed by atoms with Crippen LogP contribution in [0.3, 0.4) is 0 Å². The number of hydrogen-bond donors (Lipinski definition) is 1. The van der Waals surface area contributed by atoms with E-state index in [0.29, 0.717) is 12.2 Å². The zero-order valence-electron chi connectivity index (χ0n) is 21.9. The molecule has 2 heterocycles. The number of aryl methyl sites for hydroxylation is 1. The molecule has 0 saturated carbocycles. The Morgan fingerprint density at radius 1 is 1.16 bits per heavy atom. The van der Waals surface area contributed by atoms with Crippen molar-refractivity contribution >= 4 is 11.5 Å². The molecule has 198 valence electrons. The number of aliphatic imine (C=N–C) groups is 1. The predicted octanol–water partition coefficient (Wildman–Crippen LogP) is 6.03. The Balaban J connectivity index is 1.31. The Morgan fingerprint density at radius 3 is 2.87 bits per heavy atom. The second kappa shape index (κ2) is 10.8. The fraction of sp³-hybridized carbons (Fsp3) is 0.406. The number of ether oxygens (including phenoxy) is 2. The molecular formula is C32H35FN2O3. The van der Waals surface area contributed by atoms with E-state index >= 15 is 0 Å². The molecule has 3 atom stereocenters. The number of rotatable bonds is 7. The highest BCUT2D eigenvalue weighted by Crippen LogP contribution is 2.41. The third kappa shape index (κ3) is 5.14. The number of nitrogens with zero attached hydrogens (tertiary/aromatic N) is 2. The Hall–Kier alpha value is -3.38. The molecule has 1 fully saturated rings. The number of allylic oxidation sites excluding steroid dienone is 3. The van der Waals surface area contributed by atoms with Gasteiger partial charge in [-0.05, 0) is 95.9 Å². The van der Waals surface area contributed by atoms with Crippen molar-refractivity contribution in [2.24, 2.45) is 4.99 Å². The smallest absolute Gasteiger partial charge is 0.181 e. The molecule has 2 unspecified atom stereocenters. The lowest BCUT2D eigenvalue weighted by atomic mass is 9.85. The first kappa shape index (κ1) is 24.9. The third-order valence-corrected chi connectivity index (χ3v) is 7.96. The highest BCUT2D eigenvalue weighted by atomic mass is 19.1. The summed E-state index contributed by atoms with van der Waals surface area (Å²) in [5.74, 6) is 1.90. The van der Waals surface area contributed by atoms with E-state index in [1.807, 2.05) is 13.0 Å². The Morgan fingerprint density at radius 2 is 2.03 bits per heavy atom. The van der Waals surface area contributed by atoms with E-state index in [-0.39, 0.29) is 24.9 Å². The van der Waals surface area contributed by atoms with E-state index < -0.39 is 0 Å². The molecular weight excluding hydrogens is 479 g/mol. The van der Waals surface area contributed by atoms with Crippen molar-refractivity contribution in [1.29, 1.82) is 0 Å². The topological polar surface area (TPSA) is 54.3 Å². The number of hydrogen-bond acceptors (Lipinski definition) is 5. The third-order valence-electron chi connectivity index (χ3n) is 7.96. The van der Waals surface area contributed by atoms with Gasteiger partial charge in [-0.2, -0.15) is 0 Å². The second-order valence-electron chi connectivity index (χ2n) is 10.6. The minimum Gasteiger partial charge on any atom is -0.508 e. The number of fused-ring (bicyclic) bond motifs is 2. The van der Waals surface area contributed by atoms with E-state index in [1.165, 1.54) is 27.8 Å². The van der Waals surface area contributed by atoms with E-state index in [1.54, 1.807) is 6.07 Å². The largest absolute Gasteiger partial charge is 0.508 e. The molecule has 2 aromatic rings. The van der Waals surface area contributed by atoms with Crippen LogP contribution in [0.4, 0.5) is 4.39 Å². The molecule has 2 aromatic carbocycles. The van der Waals surface area contributed by atoms with Crippen molar-refractivity contribution in [1.82, 2.24) is 4.90 Å². The van der Waals surface area contributed by atoms with E-state index in [9.17, 15) is 9.50 Å². The molecule has 1 saturated heterocycles. The predicted molar refractivity (Wildman–Crippen MR) is 149 cm³/mol. The highest BCUT2D eigenvalue weighted by Gasteiger charge is 2.30. The SMILES string of the molecule is CC1=NC2C=CC(C3=C(c4ccc(O[C@H]5CCN(CCCF)C5)cc4)c4ccc(O)cc4CCC3)=CC2O1. The maximum absolute atomic E-state index is 12.5. The van der Waals surface area contributed by atoms with Gasteiger partial charge in [0.1, 0.15) is 29.7 Å². The number of benzene rings is 2. The van der Waals surface area contributed by atoms with Gasteiger partial charge in [0.05, 0.1) is 6.67 Å². The first-order valence-electron chi connectivity index (χ1n) is 13.8. The van der Waals surface area contributed by atoms with E-state index in [4.69, 9.17) is 9.47 Å². The monoisotopic (exact) mass is 514 g/mol. The zero-order chi connectivity index (χ0) is 26.1. The molecule has 2 aliphatic heterocycles. The van der Waals surface area contributed by atoms with E-state index in [0.717, 1.165) is 62.5 Å². The molecule has 4 aliphatic rings. The van der Waals surface area contributed by atoms with Gasteiger partial charge in [-0.15, -0.1) is 0 Å². The van der Waals surface area contributed by atoms with Crippen molar-refractivity contribution in [3.8, 4) is 11.5 Å². The van der Waals surface area contributed by atoms with Crippen molar-refractivity contribution in [2.45, 2.75) is 57.3 Å². The number of halogens is 1. The maximum Gasteiger partial charge on any atom is 0.181 e. The van der Waals surface area contributed by atoms with Gasteiger partial charge in [-0.3, -0.25) is 9.29 Å². The van der Waals surface area contributed by atoms with Gasteiger partial charge in [-0.25, -0.2) is 4.99 Å². The van der Waals surface area contributed by atoms with Crippen LogP contribution in [0.5, 0.6) is 11.5 Å². The summed E-state index contributed by atoms with van der Waals surface area (Å²) in [6.45, 7) is 4.25. The van der Waals surface area contributed by atoms with Gasteiger partial charge in [-0.1, -0.05) is 30.4 Å². The van der Waals surface area contributed by atoms with Crippen molar-refractivity contribution < 1.29 is 19.0 Å². The molecule has 0 aromatic heterocycles. The molecule has 6 rings (SSSR count). The number of alkyl halides is 1. The summed E-state index contributed by atoms with van der Waals surface area (Å²) in [4.78, 5) is 6.87. The van der Waals surface area contributed by atoms with Gasteiger partial charge in [0.2, 0.25) is 0 Å². The average Bonchev–Trinajstić information content (AvgIpc) is 3.47. The van der Waals surface area contributed by atoms with Crippen molar-refractivity contribution in [3.63, 3.8) is 0 Å². The summed E-state index contributed by atoms with van der Waals surface area (Å²) in [6, 6.07) is 14.2. The van der Waals surface area contributed by atoms with Gasteiger partial charge in [0.25, 0.3) is 0 Å². The molecule has 0 radical (unpaired) electrons. The van der Waals surface area contributed by atoms with Crippen LogP contribution in [0, 0.1) is 0 Å². The van der Waals surface area contributed by atoms with Crippen LogP contribution in [-0.2, 0) is 11.2 Å². The Bertz CT molecular complexity index is 1310. The van der Waals surface area contributed by atoms with Gasteiger partial charge in [0, 0.05) is 26.6 Å². The van der Waals surface area contributed by atoms with Crippen LogP contribution in [-0.4, -0.2) is 60.5 Å². The van der Waals surface area contributed by atoms with Crippen molar-refractivity contribution in [2.75, 3.05) is 26.3 Å². The lowest BCUT2D eigenvalue weighted by molar-refractivity contribution is 0.198. The number of phenolic OH excluding ortho intramolecular Hbond substituents is 1. The fourth-order valence-corrected chi connectivity index (χ4v) is 6.17. The number of aromatic hydroxyl groups is 1. The summed E-state index contributed by atoms with van der Waals surface area (Å²) in [5.41, 5.74) is 7.15. The first-order chi connectivity index (χ1) is 18.6. The van der Waals surface area contributed by atoms with Crippen LogP contribution in [0.2, 0.25) is 0 Å². The zero-order valence-corrected chi connectivity index (χ0v) is 21.9. The van der Waals surface area contributed by atoms with Gasteiger partial charge < -0.3 is 14.6 Å². The summed E-state index contributed by atoms with van der Waals surface area (Å²) in [7, 11) is 0. The quantitative estimate of drug-likeness (QED) is 0.491. The highest BCUT2D eigenvalue weighted by molar-refractivity contribution is 5.87. The summed E-state index contributed by atoms with van der Waals surface area (Å²) in [6.07, 6.45) is 11.1. The fourth-order valence-electron chi connectivity index (χ4n) is 6.17. The minimum atomic E-state index is -0.265. The minimum absolute atomic E-state index is 0.0535. The summed E-state index contributed by atoms with van der Waals surface area (Å²) < 4.78 is 24.8. The van der Waals surface area contributed by atoms with Crippen molar-refractivity contribution in [3.05, 3.63) is 88.5 Å². The lowest BCUT2D eigenvalue weighted by Gasteiger charge is -2.22. The number of likely N-dealkylation sites (tertiary alicyclic amines) is 1. The molecule has 0 amide bonds. The average molecular weight is 515 g/mol. The molecule has 0 bridgehead atoms. The summed E-state index contributed by atoms with van der Waals surface area (Å²) >= 11 is 0. The standard InChI is InChI=1S/C32H35FN2O3/c1-21-34-30-13-8-24(19-31(30)37-21)28-5-2-4-23-18-25(36)9-12-29(23)32(28)22-6-10-26(11-7-22)38-27-14-17-35(20-27)16-3-15-33/h6-13,18-19,27,30-31,36H,2-5,14-17,20H2,1H3/t27-,30?,31?/m0/s1. The second-order valence-corrected chi connectivity index (χ2v) is 10.6. The van der Waals surface area contributed by atoms with Crippen LogP contribution in [0.15, 0.2) is 76.8 Å². The normalized spacial score (nSPS) is 24.8.